The van der Waals surface area contributed by atoms with Crippen LogP contribution >= 0.6 is 0 Å². The molecule has 0 N–H and O–H groups in total. The van der Waals surface area contributed by atoms with Gasteiger partial charge in [0.1, 0.15) is 0 Å². The van der Waals surface area contributed by atoms with E-state index in [1.165, 1.54) is 31.5 Å². The second kappa shape index (κ2) is 7.14. The van der Waals surface area contributed by atoms with E-state index < -0.39 is 0 Å². The first kappa shape index (κ1) is 16.5. The Morgan fingerprint density at radius 3 is 2.36 bits per heavy atom. The summed E-state index contributed by atoms with van der Waals surface area (Å²) in [7, 11) is 1.96. The van der Waals surface area contributed by atoms with Gasteiger partial charge in [0.05, 0.1) is 13.2 Å². The third-order valence-electron chi connectivity index (χ3n) is 5.37. The summed E-state index contributed by atoms with van der Waals surface area (Å²) in [5, 5.41) is 4.62. The summed E-state index contributed by atoms with van der Waals surface area (Å²) in [6.45, 7) is 7.99. The van der Waals surface area contributed by atoms with Crippen molar-refractivity contribution < 1.29 is 4.74 Å². The van der Waals surface area contributed by atoms with Crippen LogP contribution in [0.1, 0.15) is 31.4 Å². The Bertz CT molecular complexity index is 699. The zero-order chi connectivity index (χ0) is 17.2. The van der Waals surface area contributed by atoms with Gasteiger partial charge in [0.25, 0.3) is 0 Å². The van der Waals surface area contributed by atoms with Crippen LogP contribution in [0.5, 0.6) is 0 Å². The number of likely N-dealkylation sites (tertiary alicyclic amines) is 1. The average Bonchev–Trinajstić information content (AvgIpc) is 3.32. The predicted octanol–water partition coefficient (Wildman–Crippen LogP) is 2.48. The highest BCUT2D eigenvalue weighted by atomic mass is 16.5. The molecule has 3 heterocycles. The van der Waals surface area contributed by atoms with E-state index in [1.807, 2.05) is 11.7 Å². The normalized spacial score (nSPS) is 20.2. The first-order valence-electron chi connectivity index (χ1n) is 9.30. The topological polar surface area (TPSA) is 46.4 Å². The van der Waals surface area contributed by atoms with Gasteiger partial charge in [0, 0.05) is 31.7 Å². The lowest BCUT2D eigenvalue weighted by atomic mass is 10.0. The first-order chi connectivity index (χ1) is 12.2. The highest BCUT2D eigenvalue weighted by molar-refractivity contribution is 5.57. The van der Waals surface area contributed by atoms with Crippen molar-refractivity contribution >= 4 is 5.95 Å². The molecule has 25 heavy (non-hydrogen) atoms. The summed E-state index contributed by atoms with van der Waals surface area (Å²) in [4.78, 5) is 9.57. The standard InChI is InChI=1S/C19H27N5O/c1-15(23-9-3-4-10-23)16-5-7-17(8-6-16)18-20-19(22(2)21-18)24-11-13-25-14-12-24/h5-8,15H,3-4,9-14H2,1-2H3/t15-/m1/s1. The summed E-state index contributed by atoms with van der Waals surface area (Å²) >= 11 is 0. The Morgan fingerprint density at radius 1 is 1.00 bits per heavy atom. The highest BCUT2D eigenvalue weighted by Gasteiger charge is 2.21. The summed E-state index contributed by atoms with van der Waals surface area (Å²) in [5.74, 6) is 1.72. The van der Waals surface area contributed by atoms with Gasteiger partial charge in [-0.15, -0.1) is 5.10 Å². The largest absolute Gasteiger partial charge is 0.378 e. The molecule has 1 aromatic heterocycles. The SMILES string of the molecule is C[C@H](c1ccc(-c2nc(N3CCOCC3)n(C)n2)cc1)N1CCCC1. The fourth-order valence-electron chi connectivity index (χ4n) is 3.79. The molecule has 2 aliphatic heterocycles. The van der Waals surface area contributed by atoms with Crippen molar-refractivity contribution in [2.45, 2.75) is 25.8 Å². The van der Waals surface area contributed by atoms with Gasteiger partial charge in [-0.25, -0.2) is 4.68 Å². The Balaban J connectivity index is 1.52. The fraction of sp³-hybridized carbons (Fsp3) is 0.579. The third kappa shape index (κ3) is 3.41. The molecule has 134 valence electrons. The van der Waals surface area contributed by atoms with Crippen molar-refractivity contribution in [3.05, 3.63) is 29.8 Å². The minimum Gasteiger partial charge on any atom is -0.378 e. The molecule has 0 saturated carbocycles. The maximum Gasteiger partial charge on any atom is 0.224 e. The maximum atomic E-state index is 5.43. The fourth-order valence-corrected chi connectivity index (χ4v) is 3.79. The van der Waals surface area contributed by atoms with E-state index in [9.17, 15) is 0 Å². The number of hydrogen-bond acceptors (Lipinski definition) is 5. The van der Waals surface area contributed by atoms with E-state index in [0.717, 1.165) is 43.6 Å². The maximum absolute atomic E-state index is 5.43. The molecular formula is C19H27N5O. The van der Waals surface area contributed by atoms with Crippen LogP contribution in [0.4, 0.5) is 5.95 Å². The van der Waals surface area contributed by atoms with Gasteiger partial charge >= 0.3 is 0 Å². The second-order valence-corrected chi connectivity index (χ2v) is 7.00. The Hall–Kier alpha value is -1.92. The van der Waals surface area contributed by atoms with Crippen LogP contribution in [0.15, 0.2) is 24.3 Å². The van der Waals surface area contributed by atoms with Gasteiger partial charge in [-0.1, -0.05) is 24.3 Å². The number of nitrogens with zero attached hydrogens (tertiary/aromatic N) is 5. The quantitative estimate of drug-likeness (QED) is 0.855. The lowest BCUT2D eigenvalue weighted by molar-refractivity contribution is 0.121. The summed E-state index contributed by atoms with van der Waals surface area (Å²) < 4.78 is 7.30. The van der Waals surface area contributed by atoms with Crippen molar-refractivity contribution in [2.24, 2.45) is 7.05 Å². The Morgan fingerprint density at radius 2 is 1.68 bits per heavy atom. The molecule has 0 radical (unpaired) electrons. The molecule has 2 aliphatic rings. The van der Waals surface area contributed by atoms with Crippen LogP contribution in [0, 0.1) is 0 Å². The number of ether oxygens (including phenoxy) is 1. The lowest BCUT2D eigenvalue weighted by Crippen LogP contribution is -2.37. The number of aromatic nitrogens is 3. The van der Waals surface area contributed by atoms with Crippen LogP contribution in [-0.4, -0.2) is 59.1 Å². The Kier molecular flexibility index (Phi) is 4.72. The van der Waals surface area contributed by atoms with Crippen molar-refractivity contribution in [3.8, 4) is 11.4 Å². The van der Waals surface area contributed by atoms with Crippen LogP contribution in [-0.2, 0) is 11.8 Å². The molecule has 0 spiro atoms. The molecule has 6 heteroatoms. The van der Waals surface area contributed by atoms with Crippen LogP contribution in [0.2, 0.25) is 0 Å². The van der Waals surface area contributed by atoms with Crippen LogP contribution in [0.3, 0.4) is 0 Å². The van der Waals surface area contributed by atoms with Crippen LogP contribution < -0.4 is 4.90 Å². The lowest BCUT2D eigenvalue weighted by Gasteiger charge is -2.26. The van der Waals surface area contributed by atoms with E-state index >= 15 is 0 Å². The minimum atomic E-state index is 0.483. The molecule has 1 atom stereocenters. The molecule has 2 fully saturated rings. The van der Waals surface area contributed by atoms with Gasteiger partial charge < -0.3 is 9.64 Å². The Labute approximate surface area is 149 Å². The molecule has 0 amide bonds. The van der Waals surface area contributed by atoms with Crippen molar-refractivity contribution in [1.29, 1.82) is 0 Å². The predicted molar refractivity (Wildman–Crippen MR) is 98.7 cm³/mol. The van der Waals surface area contributed by atoms with Gasteiger partial charge in [-0.2, -0.15) is 4.98 Å². The van der Waals surface area contributed by atoms with E-state index in [2.05, 4.69) is 46.1 Å². The molecular weight excluding hydrogens is 314 g/mol. The summed E-state index contributed by atoms with van der Waals surface area (Å²) in [6.07, 6.45) is 2.65. The van der Waals surface area contributed by atoms with Gasteiger partial charge in [-0.05, 0) is 38.4 Å². The number of hydrogen-bond donors (Lipinski definition) is 0. The van der Waals surface area contributed by atoms with Crippen molar-refractivity contribution in [2.75, 3.05) is 44.3 Å². The molecule has 2 saturated heterocycles. The number of anilines is 1. The van der Waals surface area contributed by atoms with Crippen molar-refractivity contribution in [1.82, 2.24) is 19.7 Å². The number of benzene rings is 1. The van der Waals surface area contributed by atoms with Gasteiger partial charge in [-0.3, -0.25) is 4.90 Å². The van der Waals surface area contributed by atoms with E-state index in [0.29, 0.717) is 6.04 Å². The summed E-state index contributed by atoms with van der Waals surface area (Å²) in [5.41, 5.74) is 2.45. The van der Waals surface area contributed by atoms with Gasteiger partial charge in [0.15, 0.2) is 5.82 Å². The number of morpholine rings is 1. The average molecular weight is 341 g/mol. The first-order valence-corrected chi connectivity index (χ1v) is 9.30. The highest BCUT2D eigenvalue weighted by Crippen LogP contribution is 2.27. The molecule has 1 aromatic carbocycles. The van der Waals surface area contributed by atoms with Gasteiger partial charge in [0.2, 0.25) is 5.95 Å². The van der Waals surface area contributed by atoms with E-state index in [-0.39, 0.29) is 0 Å². The molecule has 2 aromatic rings. The summed E-state index contributed by atoms with van der Waals surface area (Å²) in [6, 6.07) is 9.24. The molecule has 6 nitrogen and oxygen atoms in total. The molecule has 0 unspecified atom stereocenters. The third-order valence-corrected chi connectivity index (χ3v) is 5.37. The number of rotatable bonds is 4. The zero-order valence-electron chi connectivity index (χ0n) is 15.2. The number of aryl methyl sites for hydroxylation is 1. The molecule has 0 aliphatic carbocycles. The van der Waals surface area contributed by atoms with E-state index in [4.69, 9.17) is 9.72 Å². The molecule has 0 bridgehead atoms. The minimum absolute atomic E-state index is 0.483. The monoisotopic (exact) mass is 341 g/mol. The van der Waals surface area contributed by atoms with E-state index in [1.54, 1.807) is 0 Å². The second-order valence-electron chi connectivity index (χ2n) is 7.00. The van der Waals surface area contributed by atoms with Crippen LogP contribution in [0.25, 0.3) is 11.4 Å². The zero-order valence-corrected chi connectivity index (χ0v) is 15.2. The smallest absolute Gasteiger partial charge is 0.224 e. The van der Waals surface area contributed by atoms with Crippen molar-refractivity contribution in [3.63, 3.8) is 0 Å². The molecule has 4 rings (SSSR count).